The van der Waals surface area contributed by atoms with Gasteiger partial charge in [-0.05, 0) is 30.0 Å². The standard InChI is InChI=1S/C19H21NO4/c1-23-18-10-6-5-9-16(18)11-12-17(13-20-22)19(21)24-14-15-7-3-2-4-8-15/h2-10,13,17,22H,11-12,14H2,1H3/b20-13-. The van der Waals surface area contributed by atoms with Crippen molar-refractivity contribution in [2.75, 3.05) is 7.11 Å². The molecule has 1 N–H and O–H groups in total. The number of methoxy groups -OCH3 is 1. The van der Waals surface area contributed by atoms with E-state index in [0.717, 1.165) is 16.9 Å². The predicted molar refractivity (Wildman–Crippen MR) is 91.3 cm³/mol. The van der Waals surface area contributed by atoms with Crippen LogP contribution in [0.2, 0.25) is 0 Å². The monoisotopic (exact) mass is 327 g/mol. The summed E-state index contributed by atoms with van der Waals surface area (Å²) in [7, 11) is 1.61. The van der Waals surface area contributed by atoms with Crippen LogP contribution < -0.4 is 4.74 Å². The van der Waals surface area contributed by atoms with Crippen molar-refractivity contribution in [2.45, 2.75) is 19.4 Å². The summed E-state index contributed by atoms with van der Waals surface area (Å²) in [5.74, 6) is -0.245. The maximum absolute atomic E-state index is 12.2. The highest BCUT2D eigenvalue weighted by Gasteiger charge is 2.19. The molecule has 2 aromatic rings. The van der Waals surface area contributed by atoms with Crippen LogP contribution in [0.25, 0.3) is 0 Å². The number of ether oxygens (including phenoxy) is 2. The Morgan fingerprint density at radius 2 is 1.88 bits per heavy atom. The molecule has 0 amide bonds. The van der Waals surface area contributed by atoms with Gasteiger partial charge in [0.2, 0.25) is 0 Å². The van der Waals surface area contributed by atoms with Gasteiger partial charge in [-0.2, -0.15) is 0 Å². The lowest BCUT2D eigenvalue weighted by Gasteiger charge is -2.13. The number of esters is 1. The third-order valence-corrected chi connectivity index (χ3v) is 3.69. The van der Waals surface area contributed by atoms with E-state index >= 15 is 0 Å². The smallest absolute Gasteiger partial charge is 0.314 e. The number of para-hydroxylation sites is 1. The number of hydrogen-bond acceptors (Lipinski definition) is 5. The third kappa shape index (κ3) is 5.12. The second-order valence-electron chi connectivity index (χ2n) is 5.31. The molecule has 1 unspecified atom stereocenters. The normalized spacial score (nSPS) is 12.0. The van der Waals surface area contributed by atoms with E-state index in [9.17, 15) is 4.79 Å². The van der Waals surface area contributed by atoms with Gasteiger partial charge in [-0.15, -0.1) is 5.16 Å². The van der Waals surface area contributed by atoms with E-state index in [2.05, 4.69) is 5.16 Å². The zero-order valence-corrected chi connectivity index (χ0v) is 13.6. The summed E-state index contributed by atoms with van der Waals surface area (Å²) in [4.78, 5) is 12.2. The molecule has 0 fully saturated rings. The maximum atomic E-state index is 12.2. The van der Waals surface area contributed by atoms with Crippen LogP contribution in [0.3, 0.4) is 0 Å². The van der Waals surface area contributed by atoms with Gasteiger partial charge in [0, 0.05) is 0 Å². The van der Waals surface area contributed by atoms with Gasteiger partial charge < -0.3 is 14.7 Å². The Morgan fingerprint density at radius 3 is 2.58 bits per heavy atom. The average Bonchev–Trinajstić information content (AvgIpc) is 2.64. The number of oxime groups is 1. The Hall–Kier alpha value is -2.82. The summed E-state index contributed by atoms with van der Waals surface area (Å²) < 4.78 is 10.6. The van der Waals surface area contributed by atoms with E-state index in [1.807, 2.05) is 54.6 Å². The lowest BCUT2D eigenvalue weighted by Crippen LogP contribution is -2.20. The minimum absolute atomic E-state index is 0.199. The number of nitrogens with zero attached hydrogens (tertiary/aromatic N) is 1. The molecule has 2 rings (SSSR count). The largest absolute Gasteiger partial charge is 0.496 e. The highest BCUT2D eigenvalue weighted by molar-refractivity contribution is 5.89. The van der Waals surface area contributed by atoms with Crippen molar-refractivity contribution in [1.29, 1.82) is 0 Å². The molecule has 24 heavy (non-hydrogen) atoms. The lowest BCUT2D eigenvalue weighted by atomic mass is 10.00. The molecule has 0 aromatic heterocycles. The van der Waals surface area contributed by atoms with Gasteiger partial charge in [0.15, 0.2) is 0 Å². The third-order valence-electron chi connectivity index (χ3n) is 3.69. The van der Waals surface area contributed by atoms with Crippen molar-refractivity contribution < 1.29 is 19.5 Å². The fourth-order valence-electron chi connectivity index (χ4n) is 2.39. The molecular formula is C19H21NO4. The van der Waals surface area contributed by atoms with E-state index in [-0.39, 0.29) is 6.61 Å². The van der Waals surface area contributed by atoms with Gasteiger partial charge in [0.25, 0.3) is 0 Å². The first-order chi connectivity index (χ1) is 11.7. The summed E-state index contributed by atoms with van der Waals surface area (Å²) in [5, 5.41) is 11.8. The summed E-state index contributed by atoms with van der Waals surface area (Å²) in [6, 6.07) is 17.1. The van der Waals surface area contributed by atoms with Crippen LogP contribution in [-0.2, 0) is 22.6 Å². The van der Waals surface area contributed by atoms with Gasteiger partial charge in [-0.25, -0.2) is 0 Å². The quantitative estimate of drug-likeness (QED) is 0.349. The molecule has 0 aliphatic rings. The number of rotatable bonds is 8. The predicted octanol–water partition coefficient (Wildman–Crippen LogP) is 3.45. The van der Waals surface area contributed by atoms with Crippen molar-refractivity contribution >= 4 is 12.2 Å². The summed E-state index contributed by atoms with van der Waals surface area (Å²) >= 11 is 0. The first-order valence-corrected chi connectivity index (χ1v) is 7.74. The molecule has 0 radical (unpaired) electrons. The first kappa shape index (κ1) is 17.5. The minimum Gasteiger partial charge on any atom is -0.496 e. The molecule has 0 saturated carbocycles. The number of benzene rings is 2. The molecule has 5 heteroatoms. The molecule has 0 aliphatic heterocycles. The van der Waals surface area contributed by atoms with E-state index in [0.29, 0.717) is 12.8 Å². The van der Waals surface area contributed by atoms with Crippen LogP contribution in [-0.4, -0.2) is 24.5 Å². The highest BCUT2D eigenvalue weighted by Crippen LogP contribution is 2.21. The van der Waals surface area contributed by atoms with Crippen LogP contribution in [0.4, 0.5) is 0 Å². The summed E-state index contributed by atoms with van der Waals surface area (Å²) in [6.07, 6.45) is 2.29. The maximum Gasteiger partial charge on any atom is 0.314 e. The van der Waals surface area contributed by atoms with E-state index in [1.54, 1.807) is 7.11 Å². The number of aryl methyl sites for hydroxylation is 1. The van der Waals surface area contributed by atoms with Crippen molar-refractivity contribution in [3.8, 4) is 5.75 Å². The van der Waals surface area contributed by atoms with Crippen molar-refractivity contribution in [3.05, 3.63) is 65.7 Å². The Labute approximate surface area is 141 Å². The number of carbonyl (C=O) groups excluding carboxylic acids is 1. The minimum atomic E-state index is -0.608. The van der Waals surface area contributed by atoms with Crippen LogP contribution in [0.5, 0.6) is 5.75 Å². The van der Waals surface area contributed by atoms with Crippen LogP contribution >= 0.6 is 0 Å². The van der Waals surface area contributed by atoms with Crippen LogP contribution in [0, 0.1) is 5.92 Å². The molecule has 0 spiro atoms. The zero-order valence-electron chi connectivity index (χ0n) is 13.6. The van der Waals surface area contributed by atoms with E-state index in [4.69, 9.17) is 14.7 Å². The molecule has 0 bridgehead atoms. The molecule has 2 aromatic carbocycles. The van der Waals surface area contributed by atoms with Crippen LogP contribution in [0.1, 0.15) is 17.5 Å². The second kappa shape index (κ2) is 9.35. The molecule has 0 saturated heterocycles. The fourth-order valence-corrected chi connectivity index (χ4v) is 2.39. The highest BCUT2D eigenvalue weighted by atomic mass is 16.5. The van der Waals surface area contributed by atoms with Gasteiger partial charge in [-0.3, -0.25) is 4.79 Å². The van der Waals surface area contributed by atoms with Gasteiger partial charge in [-0.1, -0.05) is 48.5 Å². The molecule has 126 valence electrons. The number of hydrogen-bond donors (Lipinski definition) is 1. The molecule has 1 atom stereocenters. The Bertz CT molecular complexity index is 670. The number of carbonyl (C=O) groups is 1. The Balaban J connectivity index is 1.94. The Kier molecular flexibility index (Phi) is 6.83. The average molecular weight is 327 g/mol. The zero-order chi connectivity index (χ0) is 17.2. The summed E-state index contributed by atoms with van der Waals surface area (Å²) in [5.41, 5.74) is 1.91. The first-order valence-electron chi connectivity index (χ1n) is 7.74. The molecule has 5 nitrogen and oxygen atoms in total. The van der Waals surface area contributed by atoms with E-state index in [1.165, 1.54) is 6.21 Å². The van der Waals surface area contributed by atoms with Gasteiger partial charge in [0.05, 0.1) is 19.2 Å². The molecule has 0 aliphatic carbocycles. The van der Waals surface area contributed by atoms with Crippen molar-refractivity contribution in [3.63, 3.8) is 0 Å². The van der Waals surface area contributed by atoms with E-state index < -0.39 is 11.9 Å². The van der Waals surface area contributed by atoms with Gasteiger partial charge >= 0.3 is 5.97 Å². The summed E-state index contributed by atoms with van der Waals surface area (Å²) in [6.45, 7) is 0.199. The Morgan fingerprint density at radius 1 is 1.17 bits per heavy atom. The molecular weight excluding hydrogens is 306 g/mol. The topological polar surface area (TPSA) is 68.1 Å². The van der Waals surface area contributed by atoms with Gasteiger partial charge in [0.1, 0.15) is 12.4 Å². The molecule has 0 heterocycles. The second-order valence-corrected chi connectivity index (χ2v) is 5.31. The van der Waals surface area contributed by atoms with Crippen molar-refractivity contribution in [2.24, 2.45) is 11.1 Å². The van der Waals surface area contributed by atoms with Crippen LogP contribution in [0.15, 0.2) is 59.8 Å². The fraction of sp³-hybridized carbons (Fsp3) is 0.263. The SMILES string of the molecule is COc1ccccc1CCC(/C=N\O)C(=O)OCc1ccccc1. The van der Waals surface area contributed by atoms with Crippen molar-refractivity contribution in [1.82, 2.24) is 0 Å². The lowest BCUT2D eigenvalue weighted by molar-refractivity contribution is -0.147.